The van der Waals surface area contributed by atoms with Crippen LogP contribution in [-0.4, -0.2) is 13.1 Å². The second-order valence-corrected chi connectivity index (χ2v) is 6.35. The molecule has 0 bridgehead atoms. The molecular formula is C17H17BrClN. The molecule has 2 aromatic rings. The lowest BCUT2D eigenvalue weighted by molar-refractivity contribution is 0.802. The maximum Gasteiger partial charge on any atom is 0.0494 e. The summed E-state index contributed by atoms with van der Waals surface area (Å²) in [5.74, 6) is 0.554. The Morgan fingerprint density at radius 1 is 1.00 bits per heavy atom. The minimum Gasteiger partial charge on any atom is -0.371 e. The van der Waals surface area contributed by atoms with E-state index in [1.165, 1.54) is 22.4 Å². The molecule has 0 N–H and O–H groups in total. The van der Waals surface area contributed by atoms with Crippen molar-refractivity contribution in [2.45, 2.75) is 18.7 Å². The number of hydrogen-bond donors (Lipinski definition) is 0. The van der Waals surface area contributed by atoms with E-state index in [4.69, 9.17) is 11.6 Å². The smallest absolute Gasteiger partial charge is 0.0494 e. The van der Waals surface area contributed by atoms with E-state index in [9.17, 15) is 0 Å². The Bertz CT molecular complexity index is 585. The van der Waals surface area contributed by atoms with Gasteiger partial charge in [-0.1, -0.05) is 40.2 Å². The van der Waals surface area contributed by atoms with Crippen molar-refractivity contribution in [3.63, 3.8) is 0 Å². The van der Waals surface area contributed by atoms with Gasteiger partial charge < -0.3 is 4.90 Å². The van der Waals surface area contributed by atoms with E-state index < -0.39 is 0 Å². The number of hydrogen-bond acceptors (Lipinski definition) is 1. The van der Waals surface area contributed by atoms with Gasteiger partial charge in [-0.2, -0.15) is 0 Å². The monoisotopic (exact) mass is 349 g/mol. The van der Waals surface area contributed by atoms with E-state index in [0.29, 0.717) is 5.88 Å². The lowest BCUT2D eigenvalue weighted by atomic mass is 10.0. The van der Waals surface area contributed by atoms with Gasteiger partial charge >= 0.3 is 0 Å². The highest BCUT2D eigenvalue weighted by atomic mass is 79.9. The summed E-state index contributed by atoms with van der Waals surface area (Å²) in [7, 11) is 0. The highest BCUT2D eigenvalue weighted by Crippen LogP contribution is 2.28. The molecule has 1 nitrogen and oxygen atoms in total. The van der Waals surface area contributed by atoms with Crippen molar-refractivity contribution < 1.29 is 0 Å². The summed E-state index contributed by atoms with van der Waals surface area (Å²) in [6, 6.07) is 15.2. The van der Waals surface area contributed by atoms with Crippen molar-refractivity contribution >= 4 is 33.2 Å². The molecule has 0 aliphatic carbocycles. The van der Waals surface area contributed by atoms with Gasteiger partial charge in [-0.05, 0) is 47.7 Å². The van der Waals surface area contributed by atoms with Crippen molar-refractivity contribution in [3.8, 4) is 0 Å². The largest absolute Gasteiger partial charge is 0.371 e. The van der Waals surface area contributed by atoms with Crippen molar-refractivity contribution in [1.82, 2.24) is 0 Å². The van der Waals surface area contributed by atoms with Gasteiger partial charge in [0.05, 0.1) is 0 Å². The van der Waals surface area contributed by atoms with E-state index in [1.54, 1.807) is 0 Å². The van der Waals surface area contributed by atoms with E-state index in [1.807, 2.05) is 0 Å². The molecule has 0 spiro atoms. The third-order valence-corrected chi connectivity index (χ3v) is 4.73. The molecule has 0 radical (unpaired) electrons. The van der Waals surface area contributed by atoms with Crippen LogP contribution in [0.5, 0.6) is 0 Å². The molecule has 2 aromatic carbocycles. The fourth-order valence-electron chi connectivity index (χ4n) is 2.88. The van der Waals surface area contributed by atoms with Gasteiger partial charge in [0, 0.05) is 29.1 Å². The first kappa shape index (κ1) is 14.0. The summed E-state index contributed by atoms with van der Waals surface area (Å²) < 4.78 is 1.09. The van der Waals surface area contributed by atoms with Crippen molar-refractivity contribution in [2.24, 2.45) is 0 Å². The van der Waals surface area contributed by atoms with E-state index in [2.05, 4.69) is 63.3 Å². The number of rotatable bonds is 2. The average molecular weight is 351 g/mol. The van der Waals surface area contributed by atoms with Crippen molar-refractivity contribution in [2.75, 3.05) is 18.0 Å². The van der Waals surface area contributed by atoms with Crippen LogP contribution in [0.4, 0.5) is 5.69 Å². The van der Waals surface area contributed by atoms with Gasteiger partial charge in [-0.25, -0.2) is 0 Å². The number of anilines is 1. The predicted octanol–water partition coefficient (Wildman–Crippen LogP) is 4.79. The molecule has 20 heavy (non-hydrogen) atoms. The summed E-state index contributed by atoms with van der Waals surface area (Å²) in [6.45, 7) is 2.12. The molecule has 0 fully saturated rings. The molecule has 0 saturated heterocycles. The molecule has 1 aliphatic rings. The zero-order valence-corrected chi connectivity index (χ0v) is 13.6. The van der Waals surface area contributed by atoms with E-state index in [-0.39, 0.29) is 0 Å². The summed E-state index contributed by atoms with van der Waals surface area (Å²) in [5, 5.41) is 0. The van der Waals surface area contributed by atoms with Crippen LogP contribution in [-0.2, 0) is 18.7 Å². The molecule has 0 unspecified atom stereocenters. The molecule has 0 saturated carbocycles. The molecule has 1 aliphatic heterocycles. The third kappa shape index (κ3) is 2.87. The van der Waals surface area contributed by atoms with Crippen LogP contribution >= 0.6 is 27.5 Å². The standard InChI is InChI=1S/C17H17BrClN/c18-16-5-6-17(15(11-16)12-19)20-9-7-13-3-1-2-4-14(13)8-10-20/h1-6,11H,7-10,12H2. The maximum absolute atomic E-state index is 6.11. The van der Waals surface area contributed by atoms with Gasteiger partial charge in [0.25, 0.3) is 0 Å². The molecular weight excluding hydrogens is 334 g/mol. The topological polar surface area (TPSA) is 3.24 Å². The molecule has 0 amide bonds. The van der Waals surface area contributed by atoms with Gasteiger partial charge in [0.1, 0.15) is 0 Å². The average Bonchev–Trinajstić information content (AvgIpc) is 2.70. The fourth-order valence-corrected chi connectivity index (χ4v) is 3.50. The highest BCUT2D eigenvalue weighted by Gasteiger charge is 2.16. The van der Waals surface area contributed by atoms with Crippen LogP contribution in [0.15, 0.2) is 46.9 Å². The van der Waals surface area contributed by atoms with Gasteiger partial charge in [0.2, 0.25) is 0 Å². The minimum absolute atomic E-state index is 0.554. The highest BCUT2D eigenvalue weighted by molar-refractivity contribution is 9.10. The number of nitrogens with zero attached hydrogens (tertiary/aromatic N) is 1. The van der Waals surface area contributed by atoms with E-state index in [0.717, 1.165) is 30.4 Å². The summed E-state index contributed by atoms with van der Waals surface area (Å²) in [6.07, 6.45) is 2.21. The Hall–Kier alpha value is -0.990. The third-order valence-electron chi connectivity index (χ3n) is 3.95. The zero-order chi connectivity index (χ0) is 13.9. The first-order chi connectivity index (χ1) is 9.78. The fraction of sp³-hybridized carbons (Fsp3) is 0.294. The second-order valence-electron chi connectivity index (χ2n) is 5.16. The van der Waals surface area contributed by atoms with E-state index >= 15 is 0 Å². The van der Waals surface area contributed by atoms with Crippen LogP contribution in [0.3, 0.4) is 0 Å². The summed E-state index contributed by atoms with van der Waals surface area (Å²) in [5.41, 5.74) is 5.45. The molecule has 0 aromatic heterocycles. The lowest BCUT2D eigenvalue weighted by Crippen LogP contribution is -2.26. The zero-order valence-electron chi connectivity index (χ0n) is 11.3. The van der Waals surface area contributed by atoms with Crippen molar-refractivity contribution in [1.29, 1.82) is 0 Å². The quantitative estimate of drug-likeness (QED) is 0.704. The molecule has 0 atom stereocenters. The first-order valence-electron chi connectivity index (χ1n) is 6.94. The first-order valence-corrected chi connectivity index (χ1v) is 8.27. The minimum atomic E-state index is 0.554. The van der Waals surface area contributed by atoms with Crippen LogP contribution in [0, 0.1) is 0 Å². The van der Waals surface area contributed by atoms with Crippen LogP contribution in [0.2, 0.25) is 0 Å². The normalized spacial score (nSPS) is 14.8. The molecule has 104 valence electrons. The van der Waals surface area contributed by atoms with Crippen LogP contribution in [0.25, 0.3) is 0 Å². The van der Waals surface area contributed by atoms with Crippen molar-refractivity contribution in [3.05, 3.63) is 63.6 Å². The maximum atomic E-state index is 6.11. The predicted molar refractivity (Wildman–Crippen MR) is 89.8 cm³/mol. The lowest BCUT2D eigenvalue weighted by Gasteiger charge is -2.25. The van der Waals surface area contributed by atoms with Gasteiger partial charge in [-0.15, -0.1) is 11.6 Å². The Kier molecular flexibility index (Phi) is 4.32. The second kappa shape index (κ2) is 6.19. The van der Waals surface area contributed by atoms with Crippen LogP contribution in [0.1, 0.15) is 16.7 Å². The molecule has 3 heteroatoms. The number of benzene rings is 2. The van der Waals surface area contributed by atoms with Crippen LogP contribution < -0.4 is 4.90 Å². The SMILES string of the molecule is ClCc1cc(Br)ccc1N1CCc2ccccc2CC1. The van der Waals surface area contributed by atoms with Gasteiger partial charge in [-0.3, -0.25) is 0 Å². The summed E-state index contributed by atoms with van der Waals surface area (Å²) >= 11 is 9.63. The Balaban J connectivity index is 1.87. The molecule has 1 heterocycles. The number of fused-ring (bicyclic) bond motifs is 1. The summed E-state index contributed by atoms with van der Waals surface area (Å²) in [4.78, 5) is 2.46. The Morgan fingerprint density at radius 2 is 1.65 bits per heavy atom. The van der Waals surface area contributed by atoms with Gasteiger partial charge in [0.15, 0.2) is 0 Å². The Labute approximate surface area is 133 Å². The Morgan fingerprint density at radius 3 is 2.25 bits per heavy atom. The number of alkyl halides is 1. The number of halogens is 2. The molecule has 3 rings (SSSR count).